The lowest BCUT2D eigenvalue weighted by Crippen LogP contribution is -2.56. The first-order chi connectivity index (χ1) is 5.04. The van der Waals surface area contributed by atoms with Gasteiger partial charge in [-0.05, 0) is 6.92 Å². The molecule has 1 heterocycles. The van der Waals surface area contributed by atoms with Gasteiger partial charge >= 0.3 is 0 Å². The fraction of sp³-hybridized carbons (Fsp3) is 1.00. The first-order valence-electron chi connectivity index (χ1n) is 3.41. The van der Waals surface area contributed by atoms with Gasteiger partial charge in [-0.1, -0.05) is 0 Å². The second kappa shape index (κ2) is 3.04. The number of aliphatic hydroxyl groups excluding tert-OH is 4. The highest BCUT2D eigenvalue weighted by Gasteiger charge is 2.40. The lowest BCUT2D eigenvalue weighted by molar-refractivity contribution is -0.277. The van der Waals surface area contributed by atoms with E-state index in [1.54, 1.807) is 0 Å². The van der Waals surface area contributed by atoms with Crippen LogP contribution in [0.25, 0.3) is 0 Å². The van der Waals surface area contributed by atoms with Crippen LogP contribution in [-0.2, 0) is 4.74 Å². The number of hydrogen-bond acceptors (Lipinski definition) is 5. The van der Waals surface area contributed by atoms with Crippen molar-refractivity contribution in [3.05, 3.63) is 0 Å². The summed E-state index contributed by atoms with van der Waals surface area (Å²) in [5.74, 6) is 0. The van der Waals surface area contributed by atoms with Gasteiger partial charge in [0, 0.05) is 0 Å². The molecule has 4 N–H and O–H groups in total. The summed E-state index contributed by atoms with van der Waals surface area (Å²) in [6, 6.07) is 0. The van der Waals surface area contributed by atoms with E-state index in [0.717, 1.165) is 0 Å². The molecular formula is C6H12O5. The van der Waals surface area contributed by atoms with Crippen molar-refractivity contribution < 1.29 is 25.2 Å². The van der Waals surface area contributed by atoms with Gasteiger partial charge in [0.15, 0.2) is 6.29 Å². The van der Waals surface area contributed by atoms with Gasteiger partial charge in [-0.3, -0.25) is 0 Å². The van der Waals surface area contributed by atoms with Gasteiger partial charge in [-0.15, -0.1) is 0 Å². The molecule has 1 aliphatic rings. The van der Waals surface area contributed by atoms with E-state index in [4.69, 9.17) is 20.4 Å². The summed E-state index contributed by atoms with van der Waals surface area (Å²) >= 11 is 0. The van der Waals surface area contributed by atoms with Crippen molar-refractivity contribution in [2.45, 2.75) is 37.6 Å². The second-order valence-corrected chi connectivity index (χ2v) is 2.70. The summed E-state index contributed by atoms with van der Waals surface area (Å²) in [6.45, 7) is 1.50. The van der Waals surface area contributed by atoms with Crippen LogP contribution in [-0.4, -0.2) is 51.1 Å². The number of hydrogen-bond donors (Lipinski definition) is 4. The quantitative estimate of drug-likeness (QED) is 0.326. The van der Waals surface area contributed by atoms with Crippen LogP contribution >= 0.6 is 0 Å². The number of ether oxygens (including phenoxy) is 1. The standard InChI is InChI=1S/C6H12O5/c1-2-3(7)4(8)5(9)6(10)11-2/h2-10H,1H3/t2?,3-,4-,5-,6+/m0/s1. The van der Waals surface area contributed by atoms with Crippen molar-refractivity contribution in [2.24, 2.45) is 0 Å². The SMILES string of the molecule is CC1O[C@@H](O)[C@@H](O)[C@@H](O)[C@H]1O. The third kappa shape index (κ3) is 1.52. The summed E-state index contributed by atoms with van der Waals surface area (Å²) in [4.78, 5) is 0. The largest absolute Gasteiger partial charge is 0.388 e. The average Bonchev–Trinajstić information content (AvgIpc) is 1.97. The topological polar surface area (TPSA) is 90.2 Å². The van der Waals surface area contributed by atoms with E-state index in [9.17, 15) is 0 Å². The molecule has 1 fully saturated rings. The number of rotatable bonds is 0. The molecule has 11 heavy (non-hydrogen) atoms. The smallest absolute Gasteiger partial charge is 0.183 e. The molecule has 1 rings (SSSR count). The van der Waals surface area contributed by atoms with Crippen LogP contribution in [0.2, 0.25) is 0 Å². The molecule has 0 radical (unpaired) electrons. The van der Waals surface area contributed by atoms with E-state index >= 15 is 0 Å². The highest BCUT2D eigenvalue weighted by atomic mass is 16.6. The van der Waals surface area contributed by atoms with E-state index in [1.807, 2.05) is 0 Å². The van der Waals surface area contributed by atoms with Gasteiger partial charge in [-0.25, -0.2) is 0 Å². The first kappa shape index (κ1) is 8.89. The second-order valence-electron chi connectivity index (χ2n) is 2.70. The van der Waals surface area contributed by atoms with E-state index < -0.39 is 30.7 Å². The maximum Gasteiger partial charge on any atom is 0.183 e. The fourth-order valence-corrected chi connectivity index (χ4v) is 1.03. The normalized spacial score (nSPS) is 52.6. The van der Waals surface area contributed by atoms with Crippen LogP contribution in [0.3, 0.4) is 0 Å². The van der Waals surface area contributed by atoms with Crippen LogP contribution in [0.5, 0.6) is 0 Å². The summed E-state index contributed by atoms with van der Waals surface area (Å²) in [5.41, 5.74) is 0. The molecule has 0 bridgehead atoms. The molecule has 0 aliphatic carbocycles. The molecule has 5 atom stereocenters. The Balaban J connectivity index is 2.63. The van der Waals surface area contributed by atoms with Crippen molar-refractivity contribution in [3.63, 3.8) is 0 Å². The highest BCUT2D eigenvalue weighted by molar-refractivity contribution is 4.86. The van der Waals surface area contributed by atoms with E-state index in [2.05, 4.69) is 4.74 Å². The molecule has 0 aromatic heterocycles. The predicted molar refractivity (Wildman–Crippen MR) is 34.6 cm³/mol. The minimum absolute atomic E-state index is 0.664. The van der Waals surface area contributed by atoms with Crippen molar-refractivity contribution >= 4 is 0 Å². The van der Waals surface area contributed by atoms with Gasteiger partial charge in [0.25, 0.3) is 0 Å². The minimum atomic E-state index is -1.43. The molecular weight excluding hydrogens is 152 g/mol. The van der Waals surface area contributed by atoms with Gasteiger partial charge in [0.05, 0.1) is 6.10 Å². The monoisotopic (exact) mass is 164 g/mol. The summed E-state index contributed by atoms with van der Waals surface area (Å²) in [7, 11) is 0. The Kier molecular flexibility index (Phi) is 2.46. The zero-order chi connectivity index (χ0) is 8.59. The third-order valence-electron chi connectivity index (χ3n) is 1.83. The van der Waals surface area contributed by atoms with Gasteiger partial charge in [0.2, 0.25) is 0 Å². The number of aliphatic hydroxyl groups is 4. The minimum Gasteiger partial charge on any atom is -0.388 e. The zero-order valence-electron chi connectivity index (χ0n) is 6.08. The molecule has 0 aromatic carbocycles. The highest BCUT2D eigenvalue weighted by Crippen LogP contribution is 2.18. The lowest BCUT2D eigenvalue weighted by Gasteiger charge is -2.36. The first-order valence-corrected chi connectivity index (χ1v) is 3.41. The van der Waals surface area contributed by atoms with Crippen LogP contribution < -0.4 is 0 Å². The Bertz CT molecular complexity index is 125. The Hall–Kier alpha value is -0.200. The van der Waals surface area contributed by atoms with Crippen molar-refractivity contribution in [2.75, 3.05) is 0 Å². The summed E-state index contributed by atoms with van der Waals surface area (Å²) in [6.07, 6.45) is -5.99. The van der Waals surface area contributed by atoms with Gasteiger partial charge in [0.1, 0.15) is 18.3 Å². The van der Waals surface area contributed by atoms with Crippen LogP contribution in [0.15, 0.2) is 0 Å². The van der Waals surface area contributed by atoms with E-state index in [0.29, 0.717) is 0 Å². The summed E-state index contributed by atoms with van der Waals surface area (Å²) in [5, 5.41) is 36.0. The maximum absolute atomic E-state index is 9.09. The van der Waals surface area contributed by atoms with Gasteiger partial charge < -0.3 is 25.2 Å². The zero-order valence-corrected chi connectivity index (χ0v) is 6.08. The van der Waals surface area contributed by atoms with Crippen molar-refractivity contribution in [1.29, 1.82) is 0 Å². The predicted octanol–water partition coefficient (Wildman–Crippen LogP) is -2.19. The lowest BCUT2D eigenvalue weighted by atomic mass is 10.0. The maximum atomic E-state index is 9.09. The molecule has 1 aliphatic heterocycles. The van der Waals surface area contributed by atoms with Crippen molar-refractivity contribution in [1.82, 2.24) is 0 Å². The summed E-state index contributed by atoms with van der Waals surface area (Å²) < 4.78 is 4.68. The Morgan fingerprint density at radius 3 is 2.00 bits per heavy atom. The Labute approximate surface area is 63.8 Å². The molecule has 0 aromatic rings. The molecule has 1 saturated heterocycles. The van der Waals surface area contributed by atoms with Crippen LogP contribution in [0.1, 0.15) is 6.92 Å². The molecule has 5 nitrogen and oxygen atoms in total. The molecule has 66 valence electrons. The van der Waals surface area contributed by atoms with Crippen LogP contribution in [0.4, 0.5) is 0 Å². The van der Waals surface area contributed by atoms with Crippen LogP contribution in [0, 0.1) is 0 Å². The molecule has 1 unspecified atom stereocenters. The fourth-order valence-electron chi connectivity index (χ4n) is 1.03. The van der Waals surface area contributed by atoms with E-state index in [1.165, 1.54) is 6.92 Å². The average molecular weight is 164 g/mol. The van der Waals surface area contributed by atoms with Gasteiger partial charge in [-0.2, -0.15) is 0 Å². The molecule has 5 heteroatoms. The molecule has 0 spiro atoms. The molecule has 0 saturated carbocycles. The van der Waals surface area contributed by atoms with E-state index in [-0.39, 0.29) is 0 Å². The Morgan fingerprint density at radius 2 is 1.45 bits per heavy atom. The van der Waals surface area contributed by atoms with Crippen molar-refractivity contribution in [3.8, 4) is 0 Å². The third-order valence-corrected chi connectivity index (χ3v) is 1.83. The molecule has 0 amide bonds. The Morgan fingerprint density at radius 1 is 0.909 bits per heavy atom.